The Balaban J connectivity index is -0.000000558. The van der Waals surface area contributed by atoms with E-state index in [-0.39, 0.29) is 29.6 Å². The van der Waals surface area contributed by atoms with Gasteiger partial charge in [-0.05, 0) is 40.5 Å². The van der Waals surface area contributed by atoms with Crippen LogP contribution in [0.5, 0.6) is 0 Å². The molecule has 0 saturated carbocycles. The maximum absolute atomic E-state index is 11.9. The molecule has 0 saturated heterocycles. The van der Waals surface area contributed by atoms with Crippen LogP contribution in [-0.4, -0.2) is 94.4 Å². The first kappa shape index (κ1) is 41.2. The van der Waals surface area contributed by atoms with Gasteiger partial charge in [0.1, 0.15) is 5.54 Å². The molecule has 0 spiro atoms. The Morgan fingerprint density at radius 1 is 0.795 bits per heavy atom. The van der Waals surface area contributed by atoms with Crippen LogP contribution in [0.2, 0.25) is 0 Å². The number of aliphatic hydroxyl groups excluding tert-OH is 1. The van der Waals surface area contributed by atoms with Crippen molar-refractivity contribution in [3.63, 3.8) is 0 Å². The number of ether oxygens (including phenoxy) is 1. The molecule has 11 nitrogen and oxygen atoms in total. The van der Waals surface area contributed by atoms with Crippen LogP contribution in [0.3, 0.4) is 0 Å². The van der Waals surface area contributed by atoms with Gasteiger partial charge in [0.25, 0.3) is 0 Å². The maximum Gasteiger partial charge on any atom is 0.331 e. The van der Waals surface area contributed by atoms with E-state index in [9.17, 15) is 24.3 Å². The third-order valence-corrected chi connectivity index (χ3v) is 5.90. The standard InChI is InChI=1S/C14H28N2O3.C9H17NO3.C5H13NO/c1-7-11(2)12(17)15-14(3,4)13(18)19-10-8-9-16(5)6;1-5-6(2)7(11)10-9(3,4)8(12)13;1-6(2)4-3-5-7/h11H,7-10H2,1-6H3,(H,15,17);6H,5H2,1-4H3,(H,10,11)(H,12,13);7H,3-5H2,1-2H3/p+1. The lowest BCUT2D eigenvalue weighted by molar-refractivity contribution is -0.858. The first-order valence-electron chi connectivity index (χ1n) is 14.0. The van der Waals surface area contributed by atoms with Crippen molar-refractivity contribution < 1.29 is 43.9 Å². The second-order valence-corrected chi connectivity index (χ2v) is 11.6. The number of hydrogen-bond donors (Lipinski definition) is 5. The lowest BCUT2D eigenvalue weighted by Crippen LogP contribution is -3.05. The molecule has 2 amide bonds. The van der Waals surface area contributed by atoms with Crippen molar-refractivity contribution in [3.8, 4) is 0 Å². The van der Waals surface area contributed by atoms with E-state index in [1.807, 2.05) is 20.8 Å². The minimum absolute atomic E-state index is 0.0931. The fraction of sp³-hybridized carbons (Fsp3) is 0.857. The van der Waals surface area contributed by atoms with Crippen LogP contribution >= 0.6 is 0 Å². The highest BCUT2D eigenvalue weighted by Crippen LogP contribution is 2.09. The van der Waals surface area contributed by atoms with Gasteiger partial charge < -0.3 is 40.2 Å². The van der Waals surface area contributed by atoms with E-state index < -0.39 is 17.0 Å². The van der Waals surface area contributed by atoms with E-state index in [1.165, 1.54) is 23.6 Å². The molecule has 2 atom stereocenters. The van der Waals surface area contributed by atoms with Crippen molar-refractivity contribution in [3.05, 3.63) is 0 Å². The van der Waals surface area contributed by atoms with E-state index >= 15 is 0 Å². The molecule has 0 aromatic rings. The Morgan fingerprint density at radius 3 is 1.49 bits per heavy atom. The number of carbonyl (C=O) groups is 4. The van der Waals surface area contributed by atoms with Gasteiger partial charge in [0.05, 0.1) is 59.4 Å². The summed E-state index contributed by atoms with van der Waals surface area (Å²) in [6.07, 6.45) is 3.18. The minimum Gasteiger partial charge on any atom is -0.548 e. The fourth-order valence-corrected chi connectivity index (χ4v) is 2.54. The number of carboxylic acids is 1. The molecule has 2 unspecified atom stereocenters. The van der Waals surface area contributed by atoms with Crippen LogP contribution in [-0.2, 0) is 23.9 Å². The highest BCUT2D eigenvalue weighted by Gasteiger charge is 2.32. The van der Waals surface area contributed by atoms with Crippen molar-refractivity contribution >= 4 is 23.8 Å². The number of esters is 1. The van der Waals surface area contributed by atoms with Crippen molar-refractivity contribution in [2.24, 2.45) is 11.8 Å². The topological polar surface area (TPSA) is 154 Å². The number of carbonyl (C=O) groups excluding carboxylic acids is 4. The van der Waals surface area contributed by atoms with E-state index in [0.29, 0.717) is 19.6 Å². The summed E-state index contributed by atoms with van der Waals surface area (Å²) in [7, 11) is 8.27. The van der Waals surface area contributed by atoms with Crippen LogP contribution in [0.25, 0.3) is 0 Å². The molecule has 0 aliphatic rings. The Kier molecular flexibility index (Phi) is 22.8. The van der Waals surface area contributed by atoms with Crippen LogP contribution < -0.4 is 25.5 Å². The molecule has 5 N–H and O–H groups in total. The van der Waals surface area contributed by atoms with Crippen LogP contribution in [0.15, 0.2) is 0 Å². The predicted molar refractivity (Wildman–Crippen MR) is 151 cm³/mol. The van der Waals surface area contributed by atoms with Crippen molar-refractivity contribution in [1.29, 1.82) is 0 Å². The molecule has 0 bridgehead atoms. The summed E-state index contributed by atoms with van der Waals surface area (Å²) in [5.41, 5.74) is -2.26. The lowest BCUT2D eigenvalue weighted by atomic mass is 10.0. The molecular formula is C28H59N4O7+. The zero-order valence-electron chi connectivity index (χ0n) is 26.7. The number of rotatable bonds is 15. The molecule has 0 aliphatic heterocycles. The third-order valence-electron chi connectivity index (χ3n) is 5.90. The van der Waals surface area contributed by atoms with E-state index in [1.54, 1.807) is 20.8 Å². The second kappa shape index (κ2) is 21.6. The summed E-state index contributed by atoms with van der Waals surface area (Å²) in [6, 6.07) is 0. The fourth-order valence-electron chi connectivity index (χ4n) is 2.54. The average molecular weight is 564 g/mol. The van der Waals surface area contributed by atoms with Gasteiger partial charge in [-0.2, -0.15) is 0 Å². The number of nitrogens with one attached hydrogen (secondary N) is 4. The molecule has 0 aromatic carbocycles. The molecule has 232 valence electrons. The molecule has 0 radical (unpaired) electrons. The van der Waals surface area contributed by atoms with E-state index in [2.05, 4.69) is 38.8 Å². The molecule has 0 aliphatic carbocycles. The van der Waals surface area contributed by atoms with Crippen molar-refractivity contribution in [1.82, 2.24) is 10.6 Å². The number of aliphatic hydroxyl groups is 1. The van der Waals surface area contributed by atoms with Gasteiger partial charge in [-0.1, -0.05) is 27.7 Å². The first-order valence-corrected chi connectivity index (χ1v) is 14.0. The Labute approximate surface area is 237 Å². The summed E-state index contributed by atoms with van der Waals surface area (Å²) in [4.78, 5) is 48.3. The van der Waals surface area contributed by atoms with Gasteiger partial charge in [0.2, 0.25) is 11.8 Å². The van der Waals surface area contributed by atoms with Crippen LogP contribution in [0.4, 0.5) is 0 Å². The highest BCUT2D eigenvalue weighted by atomic mass is 16.5. The van der Waals surface area contributed by atoms with Crippen LogP contribution in [0, 0.1) is 11.8 Å². The SMILES string of the molecule is CCC(C)C(=O)NC(C)(C)C(=O)OCCC[NH+](C)C.CCC(C)C(=O)NC(C)(C)C(=O)[O-].C[NH+](C)CCCO. The maximum atomic E-state index is 11.9. The predicted octanol–water partition coefficient (Wildman–Crippen LogP) is -1.80. The molecule has 39 heavy (non-hydrogen) atoms. The number of carboxylic acid groups (broad SMARTS) is 1. The Bertz CT molecular complexity index is 710. The van der Waals surface area contributed by atoms with Crippen molar-refractivity contribution in [2.45, 2.75) is 92.2 Å². The third kappa shape index (κ3) is 22.3. The summed E-state index contributed by atoms with van der Waals surface area (Å²) in [5, 5.41) is 24.0. The lowest BCUT2D eigenvalue weighted by Gasteiger charge is -2.28. The smallest absolute Gasteiger partial charge is 0.331 e. The van der Waals surface area contributed by atoms with Gasteiger partial charge in [0, 0.05) is 31.3 Å². The zero-order chi connectivity index (χ0) is 31.4. The zero-order valence-corrected chi connectivity index (χ0v) is 26.7. The number of quaternary nitrogens is 2. The summed E-state index contributed by atoms with van der Waals surface area (Å²) in [5.74, 6) is -2.27. The number of hydrogen-bond acceptors (Lipinski definition) is 7. The van der Waals surface area contributed by atoms with Gasteiger partial charge in [0.15, 0.2) is 0 Å². The number of aliphatic carboxylic acids is 1. The van der Waals surface area contributed by atoms with Crippen molar-refractivity contribution in [2.75, 3.05) is 54.5 Å². The summed E-state index contributed by atoms with van der Waals surface area (Å²) in [6.45, 7) is 16.3. The monoisotopic (exact) mass is 563 g/mol. The Hall–Kier alpha value is -2.24. The van der Waals surface area contributed by atoms with E-state index in [0.717, 1.165) is 32.4 Å². The normalized spacial score (nSPS) is 12.8. The molecule has 11 heteroatoms. The van der Waals surface area contributed by atoms with E-state index in [4.69, 9.17) is 9.84 Å². The largest absolute Gasteiger partial charge is 0.548 e. The summed E-state index contributed by atoms with van der Waals surface area (Å²) < 4.78 is 5.20. The van der Waals surface area contributed by atoms with Gasteiger partial charge in [-0.25, -0.2) is 4.79 Å². The van der Waals surface area contributed by atoms with Gasteiger partial charge >= 0.3 is 5.97 Å². The number of amides is 2. The van der Waals surface area contributed by atoms with Gasteiger partial charge in [-0.3, -0.25) is 9.59 Å². The average Bonchev–Trinajstić information content (AvgIpc) is 2.83. The molecule has 0 heterocycles. The molecular weight excluding hydrogens is 504 g/mol. The van der Waals surface area contributed by atoms with Gasteiger partial charge in [-0.15, -0.1) is 0 Å². The summed E-state index contributed by atoms with van der Waals surface area (Å²) >= 11 is 0. The molecule has 0 rings (SSSR count). The minimum atomic E-state index is -1.29. The second-order valence-electron chi connectivity index (χ2n) is 11.6. The van der Waals surface area contributed by atoms with Crippen LogP contribution in [0.1, 0.15) is 81.1 Å². The highest BCUT2D eigenvalue weighted by molar-refractivity contribution is 5.88. The Morgan fingerprint density at radius 2 is 1.18 bits per heavy atom. The quantitative estimate of drug-likeness (QED) is 0.116. The first-order chi connectivity index (χ1) is 17.8. The molecule has 0 aromatic heterocycles. The molecule has 0 fully saturated rings.